The summed E-state index contributed by atoms with van der Waals surface area (Å²) in [4.78, 5) is 12.9. The van der Waals surface area contributed by atoms with E-state index in [9.17, 15) is 4.79 Å². The lowest BCUT2D eigenvalue weighted by atomic mass is 10.2. The van der Waals surface area contributed by atoms with Crippen LogP contribution in [0.25, 0.3) is 6.08 Å². The number of halogens is 2. The van der Waals surface area contributed by atoms with Crippen molar-refractivity contribution in [3.63, 3.8) is 0 Å². The molecule has 0 radical (unpaired) electrons. The maximum atomic E-state index is 11.9. The van der Waals surface area contributed by atoms with Gasteiger partial charge < -0.3 is 5.32 Å². The first-order valence-electron chi connectivity index (χ1n) is 7.30. The molecule has 2 aromatic heterocycles. The minimum atomic E-state index is -0.179. The summed E-state index contributed by atoms with van der Waals surface area (Å²) >= 11 is 13.6. The molecular weight excluding hydrogens is 353 g/mol. The number of hydrogen-bond acceptors (Lipinski definition) is 3. The van der Waals surface area contributed by atoms with Gasteiger partial charge in [0.2, 0.25) is 5.91 Å². The highest BCUT2D eigenvalue weighted by atomic mass is 35.5. The second-order valence-electron chi connectivity index (χ2n) is 5.62. The molecule has 0 aliphatic carbocycles. The lowest BCUT2D eigenvalue weighted by Crippen LogP contribution is -2.19. The van der Waals surface area contributed by atoms with Gasteiger partial charge in [-0.3, -0.25) is 9.48 Å². The van der Waals surface area contributed by atoms with Gasteiger partial charge in [-0.15, -0.1) is 11.3 Å². The molecule has 0 aliphatic heterocycles. The first-order valence-corrected chi connectivity index (χ1v) is 8.87. The van der Waals surface area contributed by atoms with Gasteiger partial charge in [0.05, 0.1) is 16.6 Å². The number of thiophene rings is 1. The van der Waals surface area contributed by atoms with Crippen LogP contribution in [0.2, 0.25) is 9.49 Å². The molecule has 124 valence electrons. The Morgan fingerprint density at radius 3 is 2.78 bits per heavy atom. The minimum Gasteiger partial charge on any atom is -0.348 e. The third-order valence-corrected chi connectivity index (χ3v) is 4.74. The van der Waals surface area contributed by atoms with E-state index < -0.39 is 0 Å². The van der Waals surface area contributed by atoms with E-state index in [0.717, 1.165) is 22.7 Å². The van der Waals surface area contributed by atoms with E-state index >= 15 is 0 Å². The van der Waals surface area contributed by atoms with E-state index in [0.29, 0.717) is 22.0 Å². The van der Waals surface area contributed by atoms with Gasteiger partial charge in [-0.1, -0.05) is 37.0 Å². The van der Waals surface area contributed by atoms with E-state index in [1.165, 1.54) is 17.4 Å². The fourth-order valence-corrected chi connectivity index (χ4v) is 3.40. The van der Waals surface area contributed by atoms with E-state index in [1.54, 1.807) is 10.8 Å². The van der Waals surface area contributed by atoms with Crippen molar-refractivity contribution in [3.05, 3.63) is 43.8 Å². The van der Waals surface area contributed by atoms with Crippen molar-refractivity contribution >= 4 is 46.5 Å². The third-order valence-electron chi connectivity index (χ3n) is 3.11. The van der Waals surface area contributed by atoms with Crippen molar-refractivity contribution in [2.75, 3.05) is 0 Å². The van der Waals surface area contributed by atoms with Crippen LogP contribution in [-0.2, 0) is 17.9 Å². The van der Waals surface area contributed by atoms with E-state index in [-0.39, 0.29) is 5.91 Å². The van der Waals surface area contributed by atoms with Crippen LogP contribution in [0.5, 0.6) is 0 Å². The summed E-state index contributed by atoms with van der Waals surface area (Å²) in [6.07, 6.45) is 3.18. The summed E-state index contributed by atoms with van der Waals surface area (Å²) in [5, 5.41) is 7.79. The fraction of sp³-hybridized carbons (Fsp3) is 0.375. The monoisotopic (exact) mass is 371 g/mol. The number of hydrogen-bond donors (Lipinski definition) is 1. The summed E-state index contributed by atoms with van der Waals surface area (Å²) in [5.41, 5.74) is 1.59. The Hall–Kier alpha value is -1.30. The molecule has 2 aromatic rings. The Balaban J connectivity index is 1.99. The number of nitrogens with one attached hydrogen (secondary N) is 1. The summed E-state index contributed by atoms with van der Waals surface area (Å²) in [6.45, 7) is 7.30. The zero-order valence-corrected chi connectivity index (χ0v) is 15.6. The zero-order valence-electron chi connectivity index (χ0n) is 13.3. The van der Waals surface area contributed by atoms with Crippen molar-refractivity contribution in [3.8, 4) is 0 Å². The lowest BCUT2D eigenvalue weighted by molar-refractivity contribution is -0.116. The highest BCUT2D eigenvalue weighted by Gasteiger charge is 2.12. The van der Waals surface area contributed by atoms with Crippen molar-refractivity contribution in [1.82, 2.24) is 15.1 Å². The van der Waals surface area contributed by atoms with Gasteiger partial charge in [-0.05, 0) is 31.1 Å². The molecule has 0 atom stereocenters. The molecule has 2 heterocycles. The average Bonchev–Trinajstić information content (AvgIpc) is 2.99. The first-order chi connectivity index (χ1) is 10.9. The molecule has 1 amide bonds. The SMILES string of the molecule is Cc1nn(CC(C)C)c(Cl)c1/C=C/C(=O)NCc1ccc(Cl)s1. The Morgan fingerprint density at radius 1 is 1.43 bits per heavy atom. The number of nitrogens with zero attached hydrogens (tertiary/aromatic N) is 2. The van der Waals surface area contributed by atoms with Crippen LogP contribution in [0.1, 0.15) is 30.0 Å². The second-order valence-corrected chi connectivity index (χ2v) is 7.78. The predicted molar refractivity (Wildman–Crippen MR) is 97.0 cm³/mol. The maximum Gasteiger partial charge on any atom is 0.244 e. The fourth-order valence-electron chi connectivity index (χ4n) is 2.06. The van der Waals surface area contributed by atoms with Gasteiger partial charge in [0.1, 0.15) is 5.15 Å². The van der Waals surface area contributed by atoms with Crippen LogP contribution in [-0.4, -0.2) is 15.7 Å². The molecule has 0 aliphatic rings. The van der Waals surface area contributed by atoms with Gasteiger partial charge in [0.25, 0.3) is 0 Å². The molecule has 4 nitrogen and oxygen atoms in total. The van der Waals surface area contributed by atoms with Gasteiger partial charge in [-0.2, -0.15) is 5.10 Å². The van der Waals surface area contributed by atoms with E-state index in [2.05, 4.69) is 24.3 Å². The largest absolute Gasteiger partial charge is 0.348 e. The Labute approximate surface area is 150 Å². The molecule has 0 spiro atoms. The standard InChI is InChI=1S/C16H19Cl2N3OS/c1-10(2)9-21-16(18)13(11(3)20-21)5-7-15(22)19-8-12-4-6-14(17)23-12/h4-7,10H,8-9H2,1-3H3,(H,19,22)/b7-5+. The van der Waals surface area contributed by atoms with Crippen molar-refractivity contribution in [2.24, 2.45) is 5.92 Å². The van der Waals surface area contributed by atoms with Gasteiger partial charge >= 0.3 is 0 Å². The first kappa shape index (κ1) is 18.0. The molecule has 23 heavy (non-hydrogen) atoms. The molecule has 1 N–H and O–H groups in total. The van der Waals surface area contributed by atoms with Gasteiger partial charge in [0.15, 0.2) is 0 Å². The van der Waals surface area contributed by atoms with Crippen LogP contribution in [0.3, 0.4) is 0 Å². The molecule has 0 saturated heterocycles. The second kappa shape index (κ2) is 7.99. The molecule has 0 aromatic carbocycles. The topological polar surface area (TPSA) is 46.9 Å². The molecule has 0 unspecified atom stereocenters. The third kappa shape index (κ3) is 5.09. The maximum absolute atomic E-state index is 11.9. The number of rotatable bonds is 6. The van der Waals surface area contributed by atoms with E-state index in [1.807, 2.05) is 19.1 Å². The van der Waals surface area contributed by atoms with Crippen LogP contribution in [0, 0.1) is 12.8 Å². The lowest BCUT2D eigenvalue weighted by Gasteiger charge is -2.05. The van der Waals surface area contributed by atoms with Crippen molar-refractivity contribution in [2.45, 2.75) is 33.9 Å². The van der Waals surface area contributed by atoms with Crippen molar-refractivity contribution in [1.29, 1.82) is 0 Å². The zero-order chi connectivity index (χ0) is 17.0. The van der Waals surface area contributed by atoms with Gasteiger partial charge in [-0.25, -0.2) is 0 Å². The molecule has 0 fully saturated rings. The number of aryl methyl sites for hydroxylation is 1. The normalized spacial score (nSPS) is 11.6. The van der Waals surface area contributed by atoms with Crippen LogP contribution in [0.4, 0.5) is 0 Å². The summed E-state index contributed by atoms with van der Waals surface area (Å²) in [5.74, 6) is 0.270. The molecule has 2 rings (SSSR count). The van der Waals surface area contributed by atoms with Crippen LogP contribution in [0.15, 0.2) is 18.2 Å². The van der Waals surface area contributed by atoms with Crippen LogP contribution < -0.4 is 5.32 Å². The number of carbonyl (C=O) groups excluding carboxylic acids is 1. The summed E-state index contributed by atoms with van der Waals surface area (Å²) in [6, 6.07) is 3.71. The highest BCUT2D eigenvalue weighted by Crippen LogP contribution is 2.23. The quantitative estimate of drug-likeness (QED) is 0.757. The molecular formula is C16H19Cl2N3OS. The van der Waals surface area contributed by atoms with Crippen molar-refractivity contribution < 1.29 is 4.79 Å². The average molecular weight is 372 g/mol. The smallest absolute Gasteiger partial charge is 0.244 e. The van der Waals surface area contributed by atoms with Gasteiger partial charge in [0, 0.05) is 23.1 Å². The van der Waals surface area contributed by atoms with Crippen LogP contribution >= 0.6 is 34.5 Å². The number of aromatic nitrogens is 2. The summed E-state index contributed by atoms with van der Waals surface area (Å²) in [7, 11) is 0. The molecule has 0 bridgehead atoms. The number of carbonyl (C=O) groups is 1. The Bertz CT molecular complexity index is 719. The highest BCUT2D eigenvalue weighted by molar-refractivity contribution is 7.16. The number of amides is 1. The molecule has 0 saturated carbocycles. The minimum absolute atomic E-state index is 0.179. The summed E-state index contributed by atoms with van der Waals surface area (Å²) < 4.78 is 2.48. The Kier molecular flexibility index (Phi) is 6.27. The predicted octanol–water partition coefficient (Wildman–Crippen LogP) is 4.55. The molecule has 7 heteroatoms. The Morgan fingerprint density at radius 2 is 2.17 bits per heavy atom. The van der Waals surface area contributed by atoms with E-state index in [4.69, 9.17) is 23.2 Å².